The van der Waals surface area contributed by atoms with Crippen LogP contribution in [-0.2, 0) is 14.8 Å². The lowest BCUT2D eigenvalue weighted by Crippen LogP contribution is -2.39. The second-order valence-electron chi connectivity index (χ2n) is 4.94. The fourth-order valence-corrected chi connectivity index (χ4v) is 4.13. The molecule has 1 aliphatic heterocycles. The van der Waals surface area contributed by atoms with Gasteiger partial charge in [0.05, 0.1) is 5.69 Å². The Labute approximate surface area is 119 Å². The molecule has 1 aliphatic rings. The minimum Gasteiger partial charge on any atom is -0.384 e. The lowest BCUT2D eigenvalue weighted by molar-refractivity contribution is 0.121. The molecule has 1 aromatic rings. The van der Waals surface area contributed by atoms with Crippen molar-refractivity contribution in [2.75, 3.05) is 32.2 Å². The zero-order chi connectivity index (χ0) is 14.6. The van der Waals surface area contributed by atoms with Gasteiger partial charge in [0.25, 0.3) is 0 Å². The molecule has 1 fully saturated rings. The number of nitrogens with zero attached hydrogens (tertiary/aromatic N) is 1. The molecule has 0 amide bonds. The Bertz CT molecular complexity index is 540. The van der Waals surface area contributed by atoms with Crippen molar-refractivity contribution in [3.05, 3.63) is 24.3 Å². The van der Waals surface area contributed by atoms with E-state index < -0.39 is 10.0 Å². The van der Waals surface area contributed by atoms with E-state index in [9.17, 15) is 8.42 Å². The number of para-hydroxylation sites is 1. The third-order valence-corrected chi connectivity index (χ3v) is 5.59. The summed E-state index contributed by atoms with van der Waals surface area (Å²) in [4.78, 5) is 0.229. The van der Waals surface area contributed by atoms with Gasteiger partial charge in [0.15, 0.2) is 0 Å². The number of anilines is 1. The molecule has 0 saturated carbocycles. The normalized spacial score (nSPS) is 18.1. The smallest absolute Gasteiger partial charge is 0.245 e. The second kappa shape index (κ2) is 6.53. The number of rotatable bonds is 5. The number of piperidine rings is 1. The summed E-state index contributed by atoms with van der Waals surface area (Å²) in [5.74, 6) is 5.83. The van der Waals surface area contributed by atoms with Crippen LogP contribution in [0.4, 0.5) is 5.69 Å². The Morgan fingerprint density at radius 2 is 2.00 bits per heavy atom. The predicted octanol–water partition coefficient (Wildman–Crippen LogP) is 1.02. The number of hydrogen-bond acceptors (Lipinski definition) is 5. The van der Waals surface area contributed by atoms with Gasteiger partial charge in [-0.2, -0.15) is 4.31 Å². The van der Waals surface area contributed by atoms with E-state index in [4.69, 9.17) is 10.6 Å². The molecular formula is C13H21N3O3S. The molecule has 1 saturated heterocycles. The number of sulfonamides is 1. The highest BCUT2D eigenvalue weighted by Crippen LogP contribution is 2.27. The van der Waals surface area contributed by atoms with E-state index in [-0.39, 0.29) is 4.90 Å². The lowest BCUT2D eigenvalue weighted by atomic mass is 9.99. The van der Waals surface area contributed by atoms with Crippen LogP contribution >= 0.6 is 0 Å². The van der Waals surface area contributed by atoms with Crippen LogP contribution < -0.4 is 11.3 Å². The summed E-state index contributed by atoms with van der Waals surface area (Å²) < 4.78 is 31.9. The van der Waals surface area contributed by atoms with Gasteiger partial charge in [-0.15, -0.1) is 0 Å². The van der Waals surface area contributed by atoms with Crippen LogP contribution in [0.1, 0.15) is 12.8 Å². The first-order valence-electron chi connectivity index (χ1n) is 6.64. The number of nitrogen functional groups attached to an aromatic ring is 1. The van der Waals surface area contributed by atoms with Crippen molar-refractivity contribution in [2.45, 2.75) is 17.7 Å². The predicted molar refractivity (Wildman–Crippen MR) is 77.6 cm³/mol. The minimum atomic E-state index is -3.49. The van der Waals surface area contributed by atoms with Gasteiger partial charge in [-0.1, -0.05) is 12.1 Å². The molecule has 112 valence electrons. The monoisotopic (exact) mass is 299 g/mol. The third-order valence-electron chi connectivity index (χ3n) is 3.64. The third kappa shape index (κ3) is 3.12. The molecule has 3 N–H and O–H groups in total. The van der Waals surface area contributed by atoms with Crippen molar-refractivity contribution in [3.63, 3.8) is 0 Å². The van der Waals surface area contributed by atoms with E-state index in [1.54, 1.807) is 31.4 Å². The van der Waals surface area contributed by atoms with E-state index in [0.29, 0.717) is 31.3 Å². The zero-order valence-electron chi connectivity index (χ0n) is 11.6. The Kier molecular flexibility index (Phi) is 4.98. The highest BCUT2D eigenvalue weighted by molar-refractivity contribution is 7.89. The number of nitrogens with one attached hydrogen (secondary N) is 1. The van der Waals surface area contributed by atoms with Crippen molar-refractivity contribution in [1.82, 2.24) is 4.31 Å². The Hall–Kier alpha value is -1.15. The van der Waals surface area contributed by atoms with Gasteiger partial charge in [0.1, 0.15) is 4.90 Å². The van der Waals surface area contributed by atoms with Crippen LogP contribution in [0.3, 0.4) is 0 Å². The fraction of sp³-hybridized carbons (Fsp3) is 0.538. The maximum Gasteiger partial charge on any atom is 0.245 e. The summed E-state index contributed by atoms with van der Waals surface area (Å²) in [6, 6.07) is 6.68. The van der Waals surface area contributed by atoms with Crippen LogP contribution in [-0.4, -0.2) is 39.5 Å². The molecule has 7 heteroatoms. The number of benzene rings is 1. The molecular weight excluding hydrogens is 278 g/mol. The molecule has 1 heterocycles. The summed E-state index contributed by atoms with van der Waals surface area (Å²) in [6.07, 6.45) is 1.65. The van der Waals surface area contributed by atoms with Crippen molar-refractivity contribution in [2.24, 2.45) is 11.8 Å². The molecule has 0 atom stereocenters. The summed E-state index contributed by atoms with van der Waals surface area (Å²) >= 11 is 0. The first-order valence-corrected chi connectivity index (χ1v) is 8.08. The SMILES string of the molecule is COCC1CCN(S(=O)(=O)c2ccccc2NN)CC1. The molecule has 6 nitrogen and oxygen atoms in total. The molecule has 0 aromatic heterocycles. The van der Waals surface area contributed by atoms with Crippen LogP contribution in [0, 0.1) is 5.92 Å². The van der Waals surface area contributed by atoms with Crippen LogP contribution in [0.5, 0.6) is 0 Å². The van der Waals surface area contributed by atoms with Crippen LogP contribution in [0.25, 0.3) is 0 Å². The molecule has 2 rings (SSSR count). The van der Waals surface area contributed by atoms with Crippen LogP contribution in [0.2, 0.25) is 0 Å². The summed E-state index contributed by atoms with van der Waals surface area (Å²) in [5, 5.41) is 0. The average molecular weight is 299 g/mol. The number of hydrazine groups is 1. The van der Waals surface area contributed by atoms with Crippen molar-refractivity contribution in [1.29, 1.82) is 0 Å². The molecule has 20 heavy (non-hydrogen) atoms. The van der Waals surface area contributed by atoms with Crippen LogP contribution in [0.15, 0.2) is 29.2 Å². The lowest BCUT2D eigenvalue weighted by Gasteiger charge is -2.31. The van der Waals surface area contributed by atoms with Gasteiger partial charge in [0, 0.05) is 26.8 Å². The quantitative estimate of drug-likeness (QED) is 0.626. The van der Waals surface area contributed by atoms with Gasteiger partial charge < -0.3 is 10.2 Å². The van der Waals surface area contributed by atoms with Gasteiger partial charge in [0.2, 0.25) is 10.0 Å². The Morgan fingerprint density at radius 3 is 2.60 bits per heavy atom. The fourth-order valence-electron chi connectivity index (χ4n) is 2.50. The largest absolute Gasteiger partial charge is 0.384 e. The van der Waals surface area contributed by atoms with E-state index in [0.717, 1.165) is 12.8 Å². The topological polar surface area (TPSA) is 84.7 Å². The van der Waals surface area contributed by atoms with E-state index in [1.165, 1.54) is 4.31 Å². The van der Waals surface area contributed by atoms with Crippen molar-refractivity contribution in [3.8, 4) is 0 Å². The standard InChI is InChI=1S/C13H21N3O3S/c1-19-10-11-6-8-16(9-7-11)20(17,18)13-5-3-2-4-12(13)15-14/h2-5,11,15H,6-10,14H2,1H3. The van der Waals surface area contributed by atoms with Gasteiger partial charge in [-0.3, -0.25) is 5.84 Å². The van der Waals surface area contributed by atoms with Gasteiger partial charge in [-0.05, 0) is 30.9 Å². The number of ether oxygens (including phenoxy) is 1. The zero-order valence-corrected chi connectivity index (χ0v) is 12.4. The maximum absolute atomic E-state index is 12.6. The molecule has 0 aliphatic carbocycles. The molecule has 1 aromatic carbocycles. The molecule has 0 spiro atoms. The summed E-state index contributed by atoms with van der Waals surface area (Å²) in [5.41, 5.74) is 2.87. The first-order chi connectivity index (χ1) is 9.59. The Morgan fingerprint density at radius 1 is 1.35 bits per heavy atom. The number of methoxy groups -OCH3 is 1. The highest BCUT2D eigenvalue weighted by Gasteiger charge is 2.30. The van der Waals surface area contributed by atoms with Gasteiger partial charge >= 0.3 is 0 Å². The van der Waals surface area contributed by atoms with Crippen molar-refractivity contribution >= 4 is 15.7 Å². The minimum absolute atomic E-state index is 0.229. The summed E-state index contributed by atoms with van der Waals surface area (Å²) in [7, 11) is -1.82. The molecule has 0 bridgehead atoms. The van der Waals surface area contributed by atoms with E-state index in [1.807, 2.05) is 0 Å². The first kappa shape index (κ1) is 15.2. The molecule has 0 unspecified atom stereocenters. The van der Waals surface area contributed by atoms with Crippen molar-refractivity contribution < 1.29 is 13.2 Å². The molecule has 0 radical (unpaired) electrons. The van der Waals surface area contributed by atoms with Gasteiger partial charge in [-0.25, -0.2) is 8.42 Å². The summed E-state index contributed by atoms with van der Waals surface area (Å²) in [6.45, 7) is 1.74. The Balaban J connectivity index is 2.16. The second-order valence-corrected chi connectivity index (χ2v) is 6.85. The average Bonchev–Trinajstić information content (AvgIpc) is 2.48. The van der Waals surface area contributed by atoms with E-state index >= 15 is 0 Å². The maximum atomic E-state index is 12.6. The van der Waals surface area contributed by atoms with E-state index in [2.05, 4.69) is 5.43 Å². The highest BCUT2D eigenvalue weighted by atomic mass is 32.2. The number of nitrogens with two attached hydrogens (primary N) is 1. The number of hydrogen-bond donors (Lipinski definition) is 2.